The van der Waals surface area contributed by atoms with Gasteiger partial charge in [-0.1, -0.05) is 52.0 Å². The smallest absolute Gasteiger partial charge is 0.339 e. The van der Waals surface area contributed by atoms with Crippen LogP contribution in [0.1, 0.15) is 77.9 Å². The third kappa shape index (κ3) is 4.78. The van der Waals surface area contributed by atoms with Crippen LogP contribution in [0.15, 0.2) is 60.7 Å². The number of carboxylic acid groups (broad SMARTS) is 1. The van der Waals surface area contributed by atoms with Crippen molar-refractivity contribution in [2.24, 2.45) is 0 Å². The Morgan fingerprint density at radius 1 is 0.917 bits per heavy atom. The van der Waals surface area contributed by atoms with Gasteiger partial charge in [0, 0.05) is 5.56 Å². The van der Waals surface area contributed by atoms with E-state index in [4.69, 9.17) is 9.84 Å². The minimum atomic E-state index is -1.20. The lowest BCUT2D eigenvalue weighted by Gasteiger charge is -2.43. The number of carboxylic acids is 1. The van der Waals surface area contributed by atoms with E-state index in [9.17, 15) is 14.7 Å². The Morgan fingerprint density at radius 3 is 2.19 bits per heavy atom. The highest BCUT2D eigenvalue weighted by atomic mass is 16.5. The molecule has 0 aromatic heterocycles. The number of ketones is 1. The molecule has 0 spiro atoms. The van der Waals surface area contributed by atoms with Gasteiger partial charge in [0.2, 0.25) is 0 Å². The molecule has 0 atom stereocenters. The van der Waals surface area contributed by atoms with Crippen LogP contribution >= 0.6 is 0 Å². The third-order valence-corrected chi connectivity index (χ3v) is 7.28. The lowest BCUT2D eigenvalue weighted by molar-refractivity contribution is 0.0693. The first-order valence-corrected chi connectivity index (χ1v) is 12.0. The van der Waals surface area contributed by atoms with Crippen LogP contribution in [0.5, 0.6) is 11.5 Å². The Kier molecular flexibility index (Phi) is 6.52. The molecule has 0 aliphatic heterocycles. The molecule has 4 rings (SSSR count). The van der Waals surface area contributed by atoms with Crippen LogP contribution in [0.25, 0.3) is 17.2 Å². The summed E-state index contributed by atoms with van der Waals surface area (Å²) in [7, 11) is 1.64. The van der Waals surface area contributed by atoms with Gasteiger partial charge in [-0.3, -0.25) is 4.79 Å². The predicted molar refractivity (Wildman–Crippen MR) is 142 cm³/mol. The fourth-order valence-corrected chi connectivity index (χ4v) is 5.03. The summed E-state index contributed by atoms with van der Waals surface area (Å²) in [5.41, 5.74) is 5.38. The number of allylic oxidation sites excluding steroid dienone is 1. The third-order valence-electron chi connectivity index (χ3n) is 7.28. The summed E-state index contributed by atoms with van der Waals surface area (Å²) in [6.45, 7) is 9.00. The van der Waals surface area contributed by atoms with Gasteiger partial charge in [0.1, 0.15) is 17.1 Å². The zero-order chi connectivity index (χ0) is 26.3. The van der Waals surface area contributed by atoms with Gasteiger partial charge in [0.05, 0.1) is 7.11 Å². The van der Waals surface area contributed by atoms with Gasteiger partial charge in [-0.15, -0.1) is 0 Å². The standard InChI is InChI=1S/C31H32O5/c1-30(2)14-15-31(3,4)28-24(20-8-10-22(36-5)11-9-20)17-21(18-25(28)30)26(32)13-7-19-6-12-23(29(34)35)27(33)16-19/h6-13,16-18,33H,14-15H2,1-5H3,(H,34,35)/b13-7+. The largest absolute Gasteiger partial charge is 0.507 e. The number of carbonyl (C=O) groups is 2. The molecule has 1 aliphatic carbocycles. The van der Waals surface area contributed by atoms with E-state index in [2.05, 4.69) is 27.7 Å². The second-order valence-electron chi connectivity index (χ2n) is 10.7. The second kappa shape index (κ2) is 9.30. The van der Waals surface area contributed by atoms with Crippen LogP contribution in [0.3, 0.4) is 0 Å². The number of rotatable bonds is 6. The average Bonchev–Trinajstić information content (AvgIpc) is 2.84. The minimum absolute atomic E-state index is 0.0407. The van der Waals surface area contributed by atoms with E-state index in [1.807, 2.05) is 36.4 Å². The molecule has 0 radical (unpaired) electrons. The van der Waals surface area contributed by atoms with Gasteiger partial charge in [-0.2, -0.15) is 0 Å². The molecule has 3 aromatic carbocycles. The molecule has 5 nitrogen and oxygen atoms in total. The predicted octanol–water partition coefficient (Wildman–Crippen LogP) is 7.01. The Morgan fingerprint density at radius 2 is 1.58 bits per heavy atom. The fraction of sp³-hybridized carbons (Fsp3) is 0.290. The molecule has 0 saturated carbocycles. The molecule has 0 bridgehead atoms. The average molecular weight is 485 g/mol. The number of aromatic carboxylic acids is 1. The molecular formula is C31H32O5. The number of phenols is 1. The molecular weight excluding hydrogens is 452 g/mol. The molecule has 0 fully saturated rings. The Labute approximate surface area is 212 Å². The van der Waals surface area contributed by atoms with Crippen LogP contribution < -0.4 is 4.74 Å². The summed E-state index contributed by atoms with van der Waals surface area (Å²) in [4.78, 5) is 24.5. The van der Waals surface area contributed by atoms with Gasteiger partial charge in [-0.05, 0) is 94.0 Å². The van der Waals surface area contributed by atoms with Gasteiger partial charge in [-0.25, -0.2) is 4.79 Å². The van der Waals surface area contributed by atoms with Crippen molar-refractivity contribution in [1.29, 1.82) is 0 Å². The molecule has 0 unspecified atom stereocenters. The quantitative estimate of drug-likeness (QED) is 0.290. The van der Waals surface area contributed by atoms with Gasteiger partial charge < -0.3 is 14.9 Å². The second-order valence-corrected chi connectivity index (χ2v) is 10.7. The Bertz CT molecular complexity index is 1360. The fourth-order valence-electron chi connectivity index (χ4n) is 5.03. The van der Waals surface area contributed by atoms with Gasteiger partial charge in [0.15, 0.2) is 5.78 Å². The molecule has 1 aliphatic rings. The number of benzene rings is 3. The number of ether oxygens (including phenoxy) is 1. The summed E-state index contributed by atoms with van der Waals surface area (Å²) in [6.07, 6.45) is 5.14. The molecule has 186 valence electrons. The lowest BCUT2D eigenvalue weighted by Crippen LogP contribution is -2.34. The summed E-state index contributed by atoms with van der Waals surface area (Å²) in [5, 5.41) is 19.1. The van der Waals surface area contributed by atoms with Crippen LogP contribution in [0.2, 0.25) is 0 Å². The van der Waals surface area contributed by atoms with Crippen molar-refractivity contribution < 1.29 is 24.5 Å². The maximum atomic E-state index is 13.4. The highest BCUT2D eigenvalue weighted by molar-refractivity contribution is 6.08. The van der Waals surface area contributed by atoms with Crippen molar-refractivity contribution in [1.82, 2.24) is 0 Å². The van der Waals surface area contributed by atoms with E-state index in [0.29, 0.717) is 11.1 Å². The highest BCUT2D eigenvalue weighted by Gasteiger charge is 2.39. The summed E-state index contributed by atoms with van der Waals surface area (Å²) in [6, 6.07) is 16.2. The maximum Gasteiger partial charge on any atom is 0.339 e. The molecule has 36 heavy (non-hydrogen) atoms. The van der Waals surface area contributed by atoms with E-state index >= 15 is 0 Å². The SMILES string of the molecule is COc1ccc(-c2cc(C(=O)/C=C/c3ccc(C(=O)O)c(O)c3)cc3c2C(C)(C)CCC3(C)C)cc1. The van der Waals surface area contributed by atoms with E-state index in [1.54, 1.807) is 19.3 Å². The van der Waals surface area contributed by atoms with E-state index in [0.717, 1.165) is 29.7 Å². The van der Waals surface area contributed by atoms with Gasteiger partial charge in [0.25, 0.3) is 0 Å². The number of methoxy groups -OCH3 is 1. The van der Waals surface area contributed by atoms with Crippen molar-refractivity contribution in [2.75, 3.05) is 7.11 Å². The summed E-state index contributed by atoms with van der Waals surface area (Å²) in [5.74, 6) is -0.922. The topological polar surface area (TPSA) is 83.8 Å². The first kappa shape index (κ1) is 25.2. The Hall–Kier alpha value is -3.86. The molecule has 5 heteroatoms. The highest BCUT2D eigenvalue weighted by Crippen LogP contribution is 2.50. The maximum absolute atomic E-state index is 13.4. The van der Waals surface area contributed by atoms with E-state index < -0.39 is 5.97 Å². The normalized spacial score (nSPS) is 15.9. The van der Waals surface area contributed by atoms with Crippen molar-refractivity contribution in [3.05, 3.63) is 88.5 Å². The van der Waals surface area contributed by atoms with Crippen LogP contribution in [0.4, 0.5) is 0 Å². The van der Waals surface area contributed by atoms with Crippen LogP contribution in [0, 0.1) is 0 Å². The summed E-state index contributed by atoms with van der Waals surface area (Å²) >= 11 is 0. The number of hydrogen-bond donors (Lipinski definition) is 2. The van der Waals surface area contributed by atoms with Crippen molar-refractivity contribution >= 4 is 17.8 Å². The van der Waals surface area contributed by atoms with Crippen LogP contribution in [-0.2, 0) is 10.8 Å². The van der Waals surface area contributed by atoms with Crippen molar-refractivity contribution in [3.8, 4) is 22.6 Å². The molecule has 2 N–H and O–H groups in total. The molecule has 3 aromatic rings. The minimum Gasteiger partial charge on any atom is -0.507 e. The van der Waals surface area contributed by atoms with Crippen molar-refractivity contribution in [3.63, 3.8) is 0 Å². The Balaban J connectivity index is 1.81. The first-order chi connectivity index (χ1) is 16.9. The zero-order valence-corrected chi connectivity index (χ0v) is 21.4. The molecule has 0 heterocycles. The number of carbonyl (C=O) groups excluding carboxylic acids is 1. The molecule has 0 amide bonds. The zero-order valence-electron chi connectivity index (χ0n) is 21.4. The van der Waals surface area contributed by atoms with Crippen molar-refractivity contribution in [2.45, 2.75) is 51.4 Å². The number of aromatic hydroxyl groups is 1. The van der Waals surface area contributed by atoms with E-state index in [1.165, 1.54) is 29.3 Å². The summed E-state index contributed by atoms with van der Waals surface area (Å²) < 4.78 is 5.34. The van der Waals surface area contributed by atoms with E-state index in [-0.39, 0.29) is 27.9 Å². The molecule has 0 saturated heterocycles. The monoisotopic (exact) mass is 484 g/mol. The van der Waals surface area contributed by atoms with Gasteiger partial charge >= 0.3 is 5.97 Å². The van der Waals surface area contributed by atoms with Crippen LogP contribution in [-0.4, -0.2) is 29.1 Å². The number of fused-ring (bicyclic) bond motifs is 1. The first-order valence-electron chi connectivity index (χ1n) is 12.0. The number of hydrogen-bond acceptors (Lipinski definition) is 4. The lowest BCUT2D eigenvalue weighted by atomic mass is 9.61.